The minimum absolute atomic E-state index is 0.0918. The topological polar surface area (TPSA) is 198 Å². The van der Waals surface area contributed by atoms with Gasteiger partial charge in [0, 0.05) is 0 Å². The zero-order valence-electron chi connectivity index (χ0n) is 12.6. The van der Waals surface area contributed by atoms with Crippen LogP contribution in [-0.4, -0.2) is 65.2 Å². The van der Waals surface area contributed by atoms with Gasteiger partial charge in [-0.25, -0.2) is 8.42 Å². The molecule has 2 unspecified atom stereocenters. The summed E-state index contributed by atoms with van der Waals surface area (Å²) in [6.45, 7) is 0.273. The molecule has 0 saturated carbocycles. The summed E-state index contributed by atoms with van der Waals surface area (Å²) in [5.74, 6) is 0. The fourth-order valence-corrected chi connectivity index (χ4v) is 4.80. The summed E-state index contributed by atoms with van der Waals surface area (Å²) in [5, 5.41) is 0. The van der Waals surface area contributed by atoms with Gasteiger partial charge in [-0.05, 0) is 26.7 Å². The fourth-order valence-electron chi connectivity index (χ4n) is 1.04. The van der Waals surface area contributed by atoms with Crippen LogP contribution in [-0.2, 0) is 48.8 Å². The van der Waals surface area contributed by atoms with Crippen molar-refractivity contribution in [2.45, 2.75) is 35.9 Å². The quantitative estimate of drug-likeness (QED) is 0.227. The molecule has 0 amide bonds. The molecule has 1 N–H and O–H groups in total. The maximum atomic E-state index is 11.4. The molecule has 0 aromatic carbocycles. The maximum absolute atomic E-state index is 11.4. The van der Waals surface area contributed by atoms with Gasteiger partial charge in [-0.3, -0.25) is 12.9 Å². The molecule has 12 nitrogen and oxygen atoms in total. The first-order valence-corrected chi connectivity index (χ1v) is 12.1. The lowest BCUT2D eigenvalue weighted by atomic mass is 10.3. The predicted octanol–water partition coefficient (Wildman–Crippen LogP) is -1.42. The fraction of sp³-hybridized carbons (Fsp3) is 1.00. The van der Waals surface area contributed by atoms with Crippen molar-refractivity contribution in [3.63, 3.8) is 0 Å². The average molecular weight is 433 g/mol. The van der Waals surface area contributed by atoms with Crippen molar-refractivity contribution in [2.24, 2.45) is 0 Å². The molecule has 0 aliphatic heterocycles. The van der Waals surface area contributed by atoms with E-state index in [1.54, 1.807) is 0 Å². The van der Waals surface area contributed by atoms with E-state index in [4.69, 9.17) is 4.55 Å². The van der Waals surface area contributed by atoms with E-state index in [0.717, 1.165) is 0 Å². The van der Waals surface area contributed by atoms with E-state index in [-0.39, 0.29) is 12.8 Å². The predicted molar refractivity (Wildman–Crippen MR) is 79.1 cm³/mol. The normalized spacial score (nSPS) is 16.7. The Morgan fingerprint density at radius 1 is 0.792 bits per heavy atom. The van der Waals surface area contributed by atoms with Gasteiger partial charge in [0.15, 0.2) is 4.58 Å². The van der Waals surface area contributed by atoms with Crippen molar-refractivity contribution in [1.29, 1.82) is 0 Å². The summed E-state index contributed by atoms with van der Waals surface area (Å²) in [5.41, 5.74) is 0. The number of rotatable bonds is 11. The Balaban J connectivity index is 4.35. The monoisotopic (exact) mass is 433 g/mol. The van der Waals surface area contributed by atoms with E-state index in [0.29, 0.717) is 13.8 Å². The second-order valence-corrected chi connectivity index (χ2v) is 12.4. The molecule has 0 spiro atoms. The van der Waals surface area contributed by atoms with E-state index in [1.807, 2.05) is 0 Å². The third-order valence-electron chi connectivity index (χ3n) is 2.67. The molecule has 16 heteroatoms. The van der Waals surface area contributed by atoms with Crippen LogP contribution >= 0.6 is 0 Å². The summed E-state index contributed by atoms with van der Waals surface area (Å²) in [7, 11) is -19.2. The molecule has 0 aromatic heterocycles. The summed E-state index contributed by atoms with van der Waals surface area (Å²) in [6.07, 6.45) is -0.188. The molecule has 0 aliphatic carbocycles. The summed E-state index contributed by atoms with van der Waals surface area (Å²) >= 11 is 0. The van der Waals surface area contributed by atoms with Gasteiger partial charge in [0.2, 0.25) is 4.58 Å². The summed E-state index contributed by atoms with van der Waals surface area (Å²) < 4.78 is 111. The van der Waals surface area contributed by atoms with Gasteiger partial charge in [0.05, 0.1) is 13.2 Å². The highest BCUT2D eigenvalue weighted by atomic mass is 32.3. The highest BCUT2D eigenvalue weighted by Crippen LogP contribution is 2.12. The van der Waals surface area contributed by atoms with Crippen LogP contribution in [0.15, 0.2) is 0 Å². The molecular formula is C8H17O12S4-. The molecule has 146 valence electrons. The molecule has 2 atom stereocenters. The highest BCUT2D eigenvalue weighted by Gasteiger charge is 2.33. The van der Waals surface area contributed by atoms with Crippen molar-refractivity contribution >= 4 is 40.5 Å². The number of unbranched alkanes of at least 4 members (excludes halogenated alkanes) is 1. The van der Waals surface area contributed by atoms with Gasteiger partial charge in [0.1, 0.15) is 10.1 Å². The Morgan fingerprint density at radius 3 is 1.42 bits per heavy atom. The minimum atomic E-state index is -5.10. The Bertz CT molecular complexity index is 747. The van der Waals surface area contributed by atoms with Crippen LogP contribution in [0.25, 0.3) is 0 Å². The molecule has 0 rings (SSSR count). The molecular weight excluding hydrogens is 416 g/mol. The van der Waals surface area contributed by atoms with Gasteiger partial charge in [0.25, 0.3) is 30.4 Å². The van der Waals surface area contributed by atoms with Crippen LogP contribution in [0.1, 0.15) is 26.7 Å². The second-order valence-electron chi connectivity index (χ2n) is 4.48. The van der Waals surface area contributed by atoms with Crippen LogP contribution in [0.2, 0.25) is 0 Å². The maximum Gasteiger partial charge on any atom is 0.287 e. The van der Waals surface area contributed by atoms with Crippen molar-refractivity contribution < 1.29 is 51.1 Å². The van der Waals surface area contributed by atoms with E-state index in [1.165, 1.54) is 0 Å². The van der Waals surface area contributed by atoms with Gasteiger partial charge in [-0.1, -0.05) is 0 Å². The van der Waals surface area contributed by atoms with Crippen LogP contribution < -0.4 is 0 Å². The third kappa shape index (κ3) is 7.68. The second kappa shape index (κ2) is 8.35. The molecule has 24 heavy (non-hydrogen) atoms. The Morgan fingerprint density at radius 2 is 1.12 bits per heavy atom. The summed E-state index contributed by atoms with van der Waals surface area (Å²) in [4.78, 5) is 0. The Kier molecular flexibility index (Phi) is 8.22. The largest absolute Gasteiger partial charge is 0.747 e. The lowest BCUT2D eigenvalue weighted by Gasteiger charge is -2.16. The van der Waals surface area contributed by atoms with Gasteiger partial charge < -0.3 is 4.55 Å². The van der Waals surface area contributed by atoms with Gasteiger partial charge >= 0.3 is 0 Å². The smallest absolute Gasteiger partial charge is 0.287 e. The molecule has 0 heterocycles. The zero-order chi connectivity index (χ0) is 19.4. The highest BCUT2D eigenvalue weighted by molar-refractivity contribution is 8.04. The first kappa shape index (κ1) is 23.6. The Labute approximate surface area is 140 Å². The van der Waals surface area contributed by atoms with Crippen molar-refractivity contribution in [2.75, 3.05) is 13.2 Å². The van der Waals surface area contributed by atoms with E-state index < -0.39 is 62.9 Å². The van der Waals surface area contributed by atoms with Crippen LogP contribution in [0.3, 0.4) is 0 Å². The van der Waals surface area contributed by atoms with Crippen LogP contribution in [0.5, 0.6) is 0 Å². The standard InChI is InChI=1S/C8H18O12S4/c1-7(21(9,10)11)23(15,16)19-5-3-4-6-20-24(17,18)8(2)22(12,13)14/h7-8H,3-6H2,1-2H3,(H,9,10,11)(H,12,13,14)/p-1. The van der Waals surface area contributed by atoms with Crippen LogP contribution in [0, 0.1) is 0 Å². The molecule has 0 radical (unpaired) electrons. The van der Waals surface area contributed by atoms with Crippen molar-refractivity contribution in [3.05, 3.63) is 0 Å². The van der Waals surface area contributed by atoms with Gasteiger partial charge in [-0.2, -0.15) is 25.3 Å². The molecule has 0 aliphatic rings. The number of hydrogen-bond acceptors (Lipinski definition) is 11. The Hall–Kier alpha value is -0.360. The van der Waals surface area contributed by atoms with E-state index in [9.17, 15) is 38.2 Å². The first-order chi connectivity index (χ1) is 10.5. The third-order valence-corrected chi connectivity index (χ3v) is 9.79. The molecule has 0 fully saturated rings. The molecule has 0 bridgehead atoms. The van der Waals surface area contributed by atoms with E-state index in [2.05, 4.69) is 8.37 Å². The van der Waals surface area contributed by atoms with Crippen molar-refractivity contribution in [1.82, 2.24) is 0 Å². The SMILES string of the molecule is CC(S(=O)(=O)[O-])S(=O)(=O)OCCCCOS(=O)(=O)C(C)S(=O)(=O)O. The van der Waals surface area contributed by atoms with Gasteiger partial charge in [-0.15, -0.1) is 0 Å². The first-order valence-electron chi connectivity index (χ1n) is 6.19. The molecule has 0 saturated heterocycles. The molecule has 0 aromatic rings. The number of hydrogen-bond donors (Lipinski definition) is 1. The lowest BCUT2D eigenvalue weighted by Crippen LogP contribution is -2.29. The average Bonchev–Trinajstić information content (AvgIpc) is 2.38. The zero-order valence-corrected chi connectivity index (χ0v) is 15.8. The van der Waals surface area contributed by atoms with E-state index >= 15 is 0 Å². The van der Waals surface area contributed by atoms with Crippen LogP contribution in [0.4, 0.5) is 0 Å². The lowest BCUT2D eigenvalue weighted by molar-refractivity contribution is 0.269. The minimum Gasteiger partial charge on any atom is -0.747 e. The summed E-state index contributed by atoms with van der Waals surface area (Å²) in [6, 6.07) is 0. The van der Waals surface area contributed by atoms with Crippen molar-refractivity contribution in [3.8, 4) is 0 Å².